The van der Waals surface area contributed by atoms with Gasteiger partial charge in [-0.25, -0.2) is 0 Å². The Kier molecular flexibility index (Phi) is 5.35. The molecule has 1 atom stereocenters. The van der Waals surface area contributed by atoms with Crippen molar-refractivity contribution in [2.45, 2.75) is 58.4 Å². The largest absolute Gasteiger partial charge is 0.481 e. The van der Waals surface area contributed by atoms with Crippen LogP contribution in [0.3, 0.4) is 0 Å². The standard InChI is InChI=1S/C14H26N2O3/c1-4-6-14(7-5-8-15-10-14)12(19)16-13(2,3)9-11(17)18/h15H,4-10H2,1-3H3,(H,16,19)(H,17,18). The predicted octanol–water partition coefficient (Wildman–Crippen LogP) is 1.53. The third-order valence-corrected chi connectivity index (χ3v) is 3.73. The first-order valence-electron chi connectivity index (χ1n) is 7.06. The smallest absolute Gasteiger partial charge is 0.305 e. The molecule has 0 bridgehead atoms. The normalized spacial score (nSPS) is 23.9. The van der Waals surface area contributed by atoms with Crippen molar-refractivity contribution in [2.24, 2.45) is 5.41 Å². The van der Waals surface area contributed by atoms with Gasteiger partial charge in [0.15, 0.2) is 0 Å². The van der Waals surface area contributed by atoms with Crippen LogP contribution in [0.4, 0.5) is 0 Å². The highest BCUT2D eigenvalue weighted by Crippen LogP contribution is 2.32. The number of carboxylic acids is 1. The van der Waals surface area contributed by atoms with Crippen molar-refractivity contribution in [3.05, 3.63) is 0 Å². The summed E-state index contributed by atoms with van der Waals surface area (Å²) < 4.78 is 0. The van der Waals surface area contributed by atoms with E-state index in [4.69, 9.17) is 5.11 Å². The highest BCUT2D eigenvalue weighted by atomic mass is 16.4. The van der Waals surface area contributed by atoms with E-state index in [9.17, 15) is 9.59 Å². The van der Waals surface area contributed by atoms with Gasteiger partial charge >= 0.3 is 5.97 Å². The van der Waals surface area contributed by atoms with Gasteiger partial charge < -0.3 is 15.7 Å². The van der Waals surface area contributed by atoms with Crippen LogP contribution in [0.25, 0.3) is 0 Å². The fourth-order valence-corrected chi connectivity index (χ4v) is 2.83. The van der Waals surface area contributed by atoms with Crippen molar-refractivity contribution >= 4 is 11.9 Å². The molecule has 1 saturated heterocycles. The summed E-state index contributed by atoms with van der Waals surface area (Å²) in [5.74, 6) is -0.899. The maximum atomic E-state index is 12.6. The van der Waals surface area contributed by atoms with E-state index in [2.05, 4.69) is 17.6 Å². The van der Waals surface area contributed by atoms with Gasteiger partial charge in [-0.3, -0.25) is 9.59 Å². The summed E-state index contributed by atoms with van der Waals surface area (Å²) in [6, 6.07) is 0. The molecule has 0 aromatic carbocycles. The number of hydrogen-bond acceptors (Lipinski definition) is 3. The average molecular weight is 270 g/mol. The Hall–Kier alpha value is -1.10. The predicted molar refractivity (Wildman–Crippen MR) is 73.9 cm³/mol. The molecule has 0 aromatic rings. The Morgan fingerprint density at radius 3 is 2.58 bits per heavy atom. The molecule has 0 saturated carbocycles. The van der Waals surface area contributed by atoms with Crippen molar-refractivity contribution in [2.75, 3.05) is 13.1 Å². The molecule has 0 aromatic heterocycles. The fourth-order valence-electron chi connectivity index (χ4n) is 2.83. The van der Waals surface area contributed by atoms with E-state index < -0.39 is 11.5 Å². The van der Waals surface area contributed by atoms with Gasteiger partial charge in [0, 0.05) is 12.1 Å². The maximum absolute atomic E-state index is 12.6. The monoisotopic (exact) mass is 270 g/mol. The van der Waals surface area contributed by atoms with E-state index in [1.54, 1.807) is 13.8 Å². The molecule has 1 fully saturated rings. The first-order valence-corrected chi connectivity index (χ1v) is 7.06. The van der Waals surface area contributed by atoms with Crippen LogP contribution in [0.2, 0.25) is 0 Å². The van der Waals surface area contributed by atoms with Gasteiger partial charge in [-0.1, -0.05) is 13.3 Å². The van der Waals surface area contributed by atoms with Crippen molar-refractivity contribution in [1.29, 1.82) is 0 Å². The molecule has 1 rings (SSSR count). The minimum atomic E-state index is -0.892. The van der Waals surface area contributed by atoms with Crippen molar-refractivity contribution in [1.82, 2.24) is 10.6 Å². The van der Waals surface area contributed by atoms with Gasteiger partial charge in [0.05, 0.1) is 11.8 Å². The van der Waals surface area contributed by atoms with Gasteiger partial charge in [0.25, 0.3) is 0 Å². The maximum Gasteiger partial charge on any atom is 0.305 e. The molecule has 5 nitrogen and oxygen atoms in total. The van der Waals surface area contributed by atoms with E-state index in [0.717, 1.165) is 32.2 Å². The van der Waals surface area contributed by atoms with Crippen LogP contribution in [0.5, 0.6) is 0 Å². The molecule has 19 heavy (non-hydrogen) atoms. The molecule has 0 spiro atoms. The lowest BCUT2D eigenvalue weighted by Gasteiger charge is -2.39. The highest BCUT2D eigenvalue weighted by molar-refractivity contribution is 5.84. The Morgan fingerprint density at radius 2 is 2.11 bits per heavy atom. The number of piperidine rings is 1. The summed E-state index contributed by atoms with van der Waals surface area (Å²) >= 11 is 0. The molecule has 1 heterocycles. The molecule has 0 aliphatic carbocycles. The van der Waals surface area contributed by atoms with Crippen LogP contribution in [-0.4, -0.2) is 35.6 Å². The Balaban J connectivity index is 2.74. The molecular weight excluding hydrogens is 244 g/mol. The zero-order valence-electron chi connectivity index (χ0n) is 12.2. The summed E-state index contributed by atoms with van der Waals surface area (Å²) in [6.07, 6.45) is 3.60. The Labute approximate surface area is 115 Å². The third kappa shape index (κ3) is 4.49. The molecule has 0 radical (unpaired) electrons. The number of carboxylic acid groups (broad SMARTS) is 1. The van der Waals surface area contributed by atoms with Crippen molar-refractivity contribution in [3.8, 4) is 0 Å². The number of carbonyl (C=O) groups is 2. The van der Waals surface area contributed by atoms with Crippen LogP contribution < -0.4 is 10.6 Å². The van der Waals surface area contributed by atoms with E-state index in [1.165, 1.54) is 0 Å². The van der Waals surface area contributed by atoms with Gasteiger partial charge in [0.1, 0.15) is 0 Å². The first kappa shape index (κ1) is 16.0. The molecule has 1 unspecified atom stereocenters. The zero-order chi connectivity index (χ0) is 14.5. The molecule has 3 N–H and O–H groups in total. The van der Waals surface area contributed by atoms with E-state index in [1.807, 2.05) is 0 Å². The SMILES string of the molecule is CCCC1(C(=O)NC(C)(C)CC(=O)O)CCCNC1. The van der Waals surface area contributed by atoms with E-state index in [0.29, 0.717) is 6.54 Å². The molecule has 1 aliphatic heterocycles. The molecule has 1 aliphatic rings. The number of aliphatic carboxylic acids is 1. The van der Waals surface area contributed by atoms with Gasteiger partial charge in [-0.15, -0.1) is 0 Å². The molecule has 5 heteroatoms. The van der Waals surface area contributed by atoms with Gasteiger partial charge in [-0.05, 0) is 39.7 Å². The van der Waals surface area contributed by atoms with E-state index in [-0.39, 0.29) is 17.7 Å². The quantitative estimate of drug-likeness (QED) is 0.684. The highest BCUT2D eigenvalue weighted by Gasteiger charge is 2.40. The first-order chi connectivity index (χ1) is 8.81. The minimum Gasteiger partial charge on any atom is -0.481 e. The Bertz CT molecular complexity index is 328. The summed E-state index contributed by atoms with van der Waals surface area (Å²) in [7, 11) is 0. The molecular formula is C14H26N2O3. The number of carbonyl (C=O) groups excluding carboxylic acids is 1. The molecule has 110 valence electrons. The van der Waals surface area contributed by atoms with Crippen molar-refractivity contribution in [3.63, 3.8) is 0 Å². The summed E-state index contributed by atoms with van der Waals surface area (Å²) in [6.45, 7) is 7.24. The fraction of sp³-hybridized carbons (Fsp3) is 0.857. The topological polar surface area (TPSA) is 78.4 Å². The number of amides is 1. The second kappa shape index (κ2) is 6.37. The summed E-state index contributed by atoms with van der Waals surface area (Å²) in [5, 5.41) is 15.1. The lowest BCUT2D eigenvalue weighted by Crippen LogP contribution is -2.56. The lowest BCUT2D eigenvalue weighted by molar-refractivity contribution is -0.140. The summed E-state index contributed by atoms with van der Waals surface area (Å²) in [5.41, 5.74) is -1.08. The second-order valence-corrected chi connectivity index (χ2v) is 6.22. The van der Waals surface area contributed by atoms with Crippen LogP contribution >= 0.6 is 0 Å². The van der Waals surface area contributed by atoms with Crippen molar-refractivity contribution < 1.29 is 14.7 Å². The van der Waals surface area contributed by atoms with Crippen LogP contribution in [0.15, 0.2) is 0 Å². The number of rotatable bonds is 6. The van der Waals surface area contributed by atoms with Crippen LogP contribution in [0, 0.1) is 5.41 Å². The van der Waals surface area contributed by atoms with E-state index >= 15 is 0 Å². The second-order valence-electron chi connectivity index (χ2n) is 6.22. The zero-order valence-corrected chi connectivity index (χ0v) is 12.2. The van der Waals surface area contributed by atoms with Crippen LogP contribution in [-0.2, 0) is 9.59 Å². The average Bonchev–Trinajstić information content (AvgIpc) is 2.28. The Morgan fingerprint density at radius 1 is 1.42 bits per heavy atom. The van der Waals surface area contributed by atoms with Gasteiger partial charge in [-0.2, -0.15) is 0 Å². The molecule has 1 amide bonds. The van der Waals surface area contributed by atoms with Crippen LogP contribution in [0.1, 0.15) is 52.9 Å². The minimum absolute atomic E-state index is 0.00667. The number of nitrogens with one attached hydrogen (secondary N) is 2. The number of hydrogen-bond donors (Lipinski definition) is 3. The lowest BCUT2D eigenvalue weighted by atomic mass is 9.75. The van der Waals surface area contributed by atoms with Gasteiger partial charge in [0.2, 0.25) is 5.91 Å². The third-order valence-electron chi connectivity index (χ3n) is 3.73. The summed E-state index contributed by atoms with van der Waals surface area (Å²) in [4.78, 5) is 23.4.